The molecule has 1 atom stereocenters. The van der Waals surface area contributed by atoms with Crippen molar-refractivity contribution in [3.63, 3.8) is 0 Å². The van der Waals surface area contributed by atoms with Crippen molar-refractivity contribution >= 4 is 17.4 Å². The van der Waals surface area contributed by atoms with Crippen LogP contribution in [0.4, 0.5) is 5.82 Å². The molecule has 0 aliphatic carbocycles. The van der Waals surface area contributed by atoms with Gasteiger partial charge in [-0.15, -0.1) is 0 Å². The van der Waals surface area contributed by atoms with Crippen molar-refractivity contribution in [3.8, 4) is 22.5 Å². The maximum atomic E-state index is 13.3. The lowest BCUT2D eigenvalue weighted by molar-refractivity contribution is 0.0681. The third kappa shape index (κ3) is 5.89. The molecule has 0 saturated heterocycles. The van der Waals surface area contributed by atoms with Gasteiger partial charge in [-0.2, -0.15) is 9.61 Å². The molecule has 0 fully saturated rings. The fraction of sp³-hybridized carbons (Fsp3) is 0.333. The number of carbonyl (C=O) groups is 1. The quantitative estimate of drug-likeness (QED) is 0.231. The molecular formula is C33H39N7O3. The number of amides is 1. The van der Waals surface area contributed by atoms with Crippen LogP contribution in [0.15, 0.2) is 60.9 Å². The van der Waals surface area contributed by atoms with Crippen LogP contribution in [-0.4, -0.2) is 64.9 Å². The van der Waals surface area contributed by atoms with E-state index in [9.17, 15) is 15.0 Å². The van der Waals surface area contributed by atoms with Gasteiger partial charge in [0, 0.05) is 55.8 Å². The van der Waals surface area contributed by atoms with Crippen molar-refractivity contribution in [1.29, 1.82) is 0 Å². The topological polar surface area (TPSA) is 121 Å². The Balaban J connectivity index is 1.57. The first-order chi connectivity index (χ1) is 20.4. The van der Waals surface area contributed by atoms with Gasteiger partial charge in [0.1, 0.15) is 17.2 Å². The van der Waals surface area contributed by atoms with Crippen LogP contribution < -0.4 is 5.32 Å². The van der Waals surface area contributed by atoms with Crippen molar-refractivity contribution in [3.05, 3.63) is 89.0 Å². The molecule has 224 valence electrons. The van der Waals surface area contributed by atoms with Gasteiger partial charge in [-0.05, 0) is 63.4 Å². The fourth-order valence-corrected chi connectivity index (χ4v) is 5.08. The second-order valence-electron chi connectivity index (χ2n) is 11.7. The highest BCUT2D eigenvalue weighted by molar-refractivity contribution is 5.97. The molecule has 0 unspecified atom stereocenters. The molecule has 10 nitrogen and oxygen atoms in total. The summed E-state index contributed by atoms with van der Waals surface area (Å²) in [6.07, 6.45) is 3.70. The molecular weight excluding hydrogens is 542 g/mol. The normalized spacial score (nSPS) is 12.5. The van der Waals surface area contributed by atoms with Crippen molar-refractivity contribution in [2.45, 2.75) is 52.8 Å². The molecule has 3 N–H and O–H groups in total. The number of imidazole rings is 1. The lowest BCUT2D eigenvalue weighted by Gasteiger charge is -2.24. The van der Waals surface area contributed by atoms with E-state index < -0.39 is 5.60 Å². The Labute approximate surface area is 251 Å². The Morgan fingerprint density at radius 2 is 1.88 bits per heavy atom. The first-order valence-corrected chi connectivity index (χ1v) is 14.3. The molecule has 0 bridgehead atoms. The van der Waals surface area contributed by atoms with Gasteiger partial charge in [0.2, 0.25) is 0 Å². The third-order valence-corrected chi connectivity index (χ3v) is 7.87. The molecule has 10 heteroatoms. The maximum Gasteiger partial charge on any atom is 0.254 e. The number of nitrogens with zero attached hydrogens (tertiary/aromatic N) is 6. The summed E-state index contributed by atoms with van der Waals surface area (Å²) in [5, 5.41) is 28.9. The largest absolute Gasteiger partial charge is 0.394 e. The van der Waals surface area contributed by atoms with Crippen molar-refractivity contribution in [2.75, 3.05) is 19.0 Å². The van der Waals surface area contributed by atoms with E-state index in [0.29, 0.717) is 29.3 Å². The Morgan fingerprint density at radius 3 is 2.56 bits per heavy atom. The van der Waals surface area contributed by atoms with Crippen LogP contribution in [0.1, 0.15) is 53.6 Å². The summed E-state index contributed by atoms with van der Waals surface area (Å²) in [5.74, 6) is 1.40. The molecule has 43 heavy (non-hydrogen) atoms. The number of benzene rings is 2. The molecule has 0 aliphatic heterocycles. The molecule has 5 rings (SSSR count). The highest BCUT2D eigenvalue weighted by Gasteiger charge is 2.25. The average Bonchev–Trinajstić information content (AvgIpc) is 3.56. The predicted molar refractivity (Wildman–Crippen MR) is 168 cm³/mol. The summed E-state index contributed by atoms with van der Waals surface area (Å²) in [6, 6.07) is 15.4. The van der Waals surface area contributed by atoms with Gasteiger partial charge >= 0.3 is 0 Å². The van der Waals surface area contributed by atoms with Gasteiger partial charge < -0.3 is 25.0 Å². The van der Waals surface area contributed by atoms with Crippen LogP contribution >= 0.6 is 0 Å². The van der Waals surface area contributed by atoms with E-state index in [1.165, 1.54) is 0 Å². The lowest BCUT2D eigenvalue weighted by Crippen LogP contribution is -2.37. The van der Waals surface area contributed by atoms with Gasteiger partial charge in [0.05, 0.1) is 24.0 Å². The Kier molecular flexibility index (Phi) is 8.09. The zero-order valence-corrected chi connectivity index (χ0v) is 25.8. The second-order valence-corrected chi connectivity index (χ2v) is 11.7. The van der Waals surface area contributed by atoms with Crippen molar-refractivity contribution in [2.24, 2.45) is 7.05 Å². The third-order valence-electron chi connectivity index (χ3n) is 7.87. The van der Waals surface area contributed by atoms with E-state index in [4.69, 9.17) is 10.1 Å². The van der Waals surface area contributed by atoms with E-state index in [2.05, 4.69) is 16.4 Å². The molecule has 0 aliphatic rings. The van der Waals surface area contributed by atoms with E-state index in [-0.39, 0.29) is 18.6 Å². The summed E-state index contributed by atoms with van der Waals surface area (Å²) in [6.45, 7) is 9.40. The minimum absolute atomic E-state index is 0.124. The van der Waals surface area contributed by atoms with E-state index in [0.717, 1.165) is 39.3 Å². The van der Waals surface area contributed by atoms with Crippen LogP contribution in [0.3, 0.4) is 0 Å². The number of rotatable bonds is 9. The van der Waals surface area contributed by atoms with Crippen LogP contribution in [0, 0.1) is 13.8 Å². The molecule has 2 aromatic carbocycles. The van der Waals surface area contributed by atoms with Gasteiger partial charge in [0.15, 0.2) is 5.65 Å². The molecule has 0 saturated carbocycles. The highest BCUT2D eigenvalue weighted by atomic mass is 16.3. The van der Waals surface area contributed by atoms with Gasteiger partial charge in [0.25, 0.3) is 5.91 Å². The molecule has 3 aromatic heterocycles. The number of aliphatic hydroxyl groups excluding tert-OH is 1. The van der Waals surface area contributed by atoms with Gasteiger partial charge in [-0.3, -0.25) is 4.79 Å². The molecule has 1 amide bonds. The summed E-state index contributed by atoms with van der Waals surface area (Å²) in [5.41, 5.74) is 5.61. The minimum Gasteiger partial charge on any atom is -0.394 e. The number of likely N-dealkylation sites (N-methyl/N-ethyl adjacent to an activating group) is 1. The summed E-state index contributed by atoms with van der Waals surface area (Å²) < 4.78 is 3.74. The number of hydrogen-bond donors (Lipinski definition) is 3. The van der Waals surface area contributed by atoms with Gasteiger partial charge in [-0.1, -0.05) is 30.3 Å². The number of hydrogen-bond acceptors (Lipinski definition) is 7. The molecule has 3 heterocycles. The lowest BCUT2D eigenvalue weighted by atomic mass is 9.98. The monoisotopic (exact) mass is 581 g/mol. The predicted octanol–water partition coefficient (Wildman–Crippen LogP) is 4.71. The number of aryl methyl sites for hydroxylation is 3. The average molecular weight is 582 g/mol. The number of anilines is 1. The summed E-state index contributed by atoms with van der Waals surface area (Å²) in [7, 11) is 3.66. The van der Waals surface area contributed by atoms with Gasteiger partial charge in [-0.25, -0.2) is 9.97 Å². The summed E-state index contributed by atoms with van der Waals surface area (Å²) >= 11 is 0. The molecule has 0 radical (unpaired) electrons. The van der Waals surface area contributed by atoms with E-state index in [1.54, 1.807) is 43.4 Å². The molecule has 0 spiro atoms. The SMILES string of the molecule is Cc1ccc(-c2c(C)nn3c(NCc4cccc(-c5nccn5C)c4)cc(C(C)(C)O)nc23)cc1C(=O)N(C)[C@H](C)CO. The standard InChI is InChI=1S/C33H39N7O3/c1-20-11-12-24(16-26(20)32(42)39(7)21(2)19-41)29-22(3)37-40-28(17-27(33(4,5)43)36-31(29)40)35-18-23-9-8-10-25(15-23)30-34-13-14-38(30)6/h8-17,21,35,41,43H,18-19H2,1-7H3/t21-/m1/s1. The molecule has 5 aromatic rings. The number of aliphatic hydroxyl groups is 2. The first kappa shape index (κ1) is 29.9. The number of aromatic nitrogens is 5. The Morgan fingerprint density at radius 1 is 1.12 bits per heavy atom. The zero-order chi connectivity index (χ0) is 31.1. The van der Waals surface area contributed by atoms with Crippen LogP contribution in [0.25, 0.3) is 28.2 Å². The number of fused-ring (bicyclic) bond motifs is 1. The van der Waals surface area contributed by atoms with E-state index >= 15 is 0 Å². The van der Waals surface area contributed by atoms with Crippen LogP contribution in [0.5, 0.6) is 0 Å². The van der Waals surface area contributed by atoms with Crippen molar-refractivity contribution < 1.29 is 15.0 Å². The number of nitrogens with one attached hydrogen (secondary N) is 1. The minimum atomic E-state index is -1.21. The summed E-state index contributed by atoms with van der Waals surface area (Å²) in [4.78, 5) is 24.2. The fourth-order valence-electron chi connectivity index (χ4n) is 5.08. The van der Waals surface area contributed by atoms with E-state index in [1.807, 2.05) is 74.1 Å². The van der Waals surface area contributed by atoms with Crippen LogP contribution in [-0.2, 0) is 19.2 Å². The zero-order valence-electron chi connectivity index (χ0n) is 25.8. The second kappa shape index (κ2) is 11.6. The Hall–Kier alpha value is -4.54. The first-order valence-electron chi connectivity index (χ1n) is 14.3. The van der Waals surface area contributed by atoms with Crippen LogP contribution in [0.2, 0.25) is 0 Å². The number of carbonyl (C=O) groups excluding carboxylic acids is 1. The Bertz CT molecular complexity index is 1800. The smallest absolute Gasteiger partial charge is 0.254 e. The van der Waals surface area contributed by atoms with Crippen molar-refractivity contribution in [1.82, 2.24) is 29.0 Å². The maximum absolute atomic E-state index is 13.3. The highest BCUT2D eigenvalue weighted by Crippen LogP contribution is 2.33.